The highest BCUT2D eigenvalue weighted by molar-refractivity contribution is 5.92. The molecule has 1 aromatic rings. The Morgan fingerprint density at radius 2 is 2.24 bits per heavy atom. The summed E-state index contributed by atoms with van der Waals surface area (Å²) in [4.78, 5) is 24.1. The summed E-state index contributed by atoms with van der Waals surface area (Å²) in [6, 6.07) is 1.63. The number of H-pyrrole nitrogens is 1. The summed E-state index contributed by atoms with van der Waals surface area (Å²) in [7, 11) is 0. The fourth-order valence-electron chi connectivity index (χ4n) is 1.52. The van der Waals surface area contributed by atoms with Gasteiger partial charge in [-0.25, -0.2) is 0 Å². The van der Waals surface area contributed by atoms with E-state index >= 15 is 0 Å². The van der Waals surface area contributed by atoms with Crippen LogP contribution >= 0.6 is 0 Å². The van der Waals surface area contributed by atoms with E-state index in [1.807, 2.05) is 13.8 Å². The van der Waals surface area contributed by atoms with Crippen LogP contribution in [0, 0.1) is 0 Å². The van der Waals surface area contributed by atoms with E-state index in [2.05, 4.69) is 10.2 Å². The van der Waals surface area contributed by atoms with Gasteiger partial charge in [0.2, 0.25) is 0 Å². The van der Waals surface area contributed by atoms with Crippen molar-refractivity contribution in [2.24, 2.45) is 0 Å². The Labute approximate surface area is 99.6 Å². The molecule has 0 radical (unpaired) electrons. The van der Waals surface area contributed by atoms with Crippen molar-refractivity contribution in [3.63, 3.8) is 0 Å². The van der Waals surface area contributed by atoms with E-state index < -0.39 is 5.97 Å². The van der Waals surface area contributed by atoms with E-state index in [-0.39, 0.29) is 18.4 Å². The molecule has 0 saturated heterocycles. The molecule has 6 heteroatoms. The van der Waals surface area contributed by atoms with E-state index in [0.717, 1.165) is 0 Å². The standard InChI is InChI=1S/C11H17N3O3/c1-8(2)14(7-3-4-10(15)16)11(17)9-5-6-12-13-9/h5-6,8H,3-4,7H2,1-2H3,(H,12,13)(H,15,16). The average molecular weight is 239 g/mol. The second kappa shape index (κ2) is 6.03. The van der Waals surface area contributed by atoms with E-state index in [4.69, 9.17) is 5.11 Å². The highest BCUT2D eigenvalue weighted by Crippen LogP contribution is 2.07. The molecule has 6 nitrogen and oxygen atoms in total. The molecule has 94 valence electrons. The normalized spacial score (nSPS) is 10.5. The first-order valence-electron chi connectivity index (χ1n) is 5.54. The van der Waals surface area contributed by atoms with Crippen LogP contribution in [0.15, 0.2) is 12.3 Å². The number of hydrogen-bond donors (Lipinski definition) is 2. The fraction of sp³-hybridized carbons (Fsp3) is 0.545. The molecule has 2 N–H and O–H groups in total. The molecule has 0 spiro atoms. The monoisotopic (exact) mass is 239 g/mol. The van der Waals surface area contributed by atoms with Gasteiger partial charge in [-0.15, -0.1) is 0 Å². The van der Waals surface area contributed by atoms with Gasteiger partial charge < -0.3 is 10.0 Å². The summed E-state index contributed by atoms with van der Waals surface area (Å²) in [5.41, 5.74) is 0.425. The number of carbonyl (C=O) groups is 2. The van der Waals surface area contributed by atoms with Gasteiger partial charge in [0.05, 0.1) is 0 Å². The van der Waals surface area contributed by atoms with Crippen molar-refractivity contribution in [2.75, 3.05) is 6.54 Å². The Kier molecular flexibility index (Phi) is 4.68. The van der Waals surface area contributed by atoms with Crippen LogP contribution in [0.3, 0.4) is 0 Å². The van der Waals surface area contributed by atoms with Crippen LogP contribution in [0.4, 0.5) is 0 Å². The predicted molar refractivity (Wildman–Crippen MR) is 61.6 cm³/mol. The Balaban J connectivity index is 2.60. The Bertz CT molecular complexity index is 373. The molecule has 1 rings (SSSR count). The first kappa shape index (κ1) is 13.2. The zero-order valence-electron chi connectivity index (χ0n) is 10.0. The van der Waals surface area contributed by atoms with Crippen LogP contribution in [0.25, 0.3) is 0 Å². The molecule has 0 saturated carbocycles. The van der Waals surface area contributed by atoms with Crippen LogP contribution in [0.2, 0.25) is 0 Å². The molecule has 0 unspecified atom stereocenters. The quantitative estimate of drug-likeness (QED) is 0.779. The minimum atomic E-state index is -0.845. The SMILES string of the molecule is CC(C)N(CCCC(=O)O)C(=O)c1ccn[nH]1. The third kappa shape index (κ3) is 3.90. The lowest BCUT2D eigenvalue weighted by Crippen LogP contribution is -2.38. The molecule has 0 aliphatic carbocycles. The Morgan fingerprint density at radius 1 is 1.53 bits per heavy atom. The minimum Gasteiger partial charge on any atom is -0.481 e. The molecule has 1 amide bonds. The number of carbonyl (C=O) groups excluding carboxylic acids is 1. The topological polar surface area (TPSA) is 86.3 Å². The number of aromatic amines is 1. The van der Waals surface area contributed by atoms with Crippen LogP contribution in [-0.2, 0) is 4.79 Å². The second-order valence-corrected chi connectivity index (χ2v) is 4.06. The van der Waals surface area contributed by atoms with Crippen molar-refractivity contribution < 1.29 is 14.7 Å². The summed E-state index contributed by atoms with van der Waals surface area (Å²) in [5.74, 6) is -0.995. The highest BCUT2D eigenvalue weighted by Gasteiger charge is 2.19. The predicted octanol–water partition coefficient (Wildman–Crippen LogP) is 1.13. The summed E-state index contributed by atoms with van der Waals surface area (Å²) in [6.45, 7) is 4.23. The molecule has 1 heterocycles. The van der Waals surface area contributed by atoms with Crippen molar-refractivity contribution >= 4 is 11.9 Å². The van der Waals surface area contributed by atoms with Crippen LogP contribution in [0.1, 0.15) is 37.2 Å². The van der Waals surface area contributed by atoms with E-state index in [1.54, 1.807) is 11.0 Å². The summed E-state index contributed by atoms with van der Waals surface area (Å²) in [6.07, 6.45) is 2.04. The molecule has 0 aliphatic heterocycles. The first-order valence-corrected chi connectivity index (χ1v) is 5.54. The van der Waals surface area contributed by atoms with Crippen LogP contribution in [0.5, 0.6) is 0 Å². The molecule has 0 atom stereocenters. The number of carboxylic acid groups (broad SMARTS) is 1. The number of aromatic nitrogens is 2. The van der Waals surface area contributed by atoms with E-state index in [9.17, 15) is 9.59 Å². The molecule has 17 heavy (non-hydrogen) atoms. The Morgan fingerprint density at radius 3 is 2.71 bits per heavy atom. The number of amides is 1. The first-order chi connectivity index (χ1) is 8.02. The third-order valence-corrected chi connectivity index (χ3v) is 2.41. The molecule has 1 aromatic heterocycles. The van der Waals surface area contributed by atoms with Gasteiger partial charge in [0.25, 0.3) is 5.91 Å². The summed E-state index contributed by atoms with van der Waals surface area (Å²) < 4.78 is 0. The lowest BCUT2D eigenvalue weighted by molar-refractivity contribution is -0.137. The van der Waals surface area contributed by atoms with Crippen molar-refractivity contribution in [3.8, 4) is 0 Å². The van der Waals surface area contributed by atoms with Crippen LogP contribution < -0.4 is 0 Å². The zero-order chi connectivity index (χ0) is 12.8. The lowest BCUT2D eigenvalue weighted by Gasteiger charge is -2.25. The summed E-state index contributed by atoms with van der Waals surface area (Å²) >= 11 is 0. The highest BCUT2D eigenvalue weighted by atomic mass is 16.4. The average Bonchev–Trinajstić information content (AvgIpc) is 2.75. The fourth-order valence-corrected chi connectivity index (χ4v) is 1.52. The zero-order valence-corrected chi connectivity index (χ0v) is 10.0. The molecule has 0 bridgehead atoms. The maximum absolute atomic E-state index is 12.0. The molecule has 0 aromatic carbocycles. The van der Waals surface area contributed by atoms with Gasteiger partial charge >= 0.3 is 5.97 Å². The number of aliphatic carboxylic acids is 1. The van der Waals surface area contributed by atoms with Gasteiger partial charge in [-0.05, 0) is 26.3 Å². The number of carboxylic acids is 1. The van der Waals surface area contributed by atoms with E-state index in [0.29, 0.717) is 18.7 Å². The number of rotatable bonds is 6. The van der Waals surface area contributed by atoms with Gasteiger partial charge in [-0.1, -0.05) is 0 Å². The molecule has 0 fully saturated rings. The van der Waals surface area contributed by atoms with Gasteiger partial charge in [-0.2, -0.15) is 5.10 Å². The van der Waals surface area contributed by atoms with Gasteiger partial charge in [0, 0.05) is 25.2 Å². The molecular weight excluding hydrogens is 222 g/mol. The maximum atomic E-state index is 12.0. The van der Waals surface area contributed by atoms with Gasteiger partial charge in [0.15, 0.2) is 0 Å². The molecular formula is C11H17N3O3. The van der Waals surface area contributed by atoms with Crippen molar-refractivity contribution in [3.05, 3.63) is 18.0 Å². The van der Waals surface area contributed by atoms with Crippen LogP contribution in [-0.4, -0.2) is 44.7 Å². The summed E-state index contributed by atoms with van der Waals surface area (Å²) in [5, 5.41) is 14.9. The van der Waals surface area contributed by atoms with Crippen molar-refractivity contribution in [2.45, 2.75) is 32.7 Å². The minimum absolute atomic E-state index is 0.0274. The van der Waals surface area contributed by atoms with Gasteiger partial charge in [0.1, 0.15) is 5.69 Å². The third-order valence-electron chi connectivity index (χ3n) is 2.41. The van der Waals surface area contributed by atoms with Crippen molar-refractivity contribution in [1.82, 2.24) is 15.1 Å². The smallest absolute Gasteiger partial charge is 0.303 e. The maximum Gasteiger partial charge on any atom is 0.303 e. The van der Waals surface area contributed by atoms with E-state index in [1.165, 1.54) is 6.20 Å². The van der Waals surface area contributed by atoms with Crippen molar-refractivity contribution in [1.29, 1.82) is 0 Å². The number of hydrogen-bond acceptors (Lipinski definition) is 3. The lowest BCUT2D eigenvalue weighted by atomic mass is 10.2. The Hall–Kier alpha value is -1.85. The second-order valence-electron chi connectivity index (χ2n) is 4.06. The largest absolute Gasteiger partial charge is 0.481 e. The molecule has 0 aliphatic rings. The van der Waals surface area contributed by atoms with Gasteiger partial charge in [-0.3, -0.25) is 14.7 Å². The number of nitrogens with zero attached hydrogens (tertiary/aromatic N) is 2. The number of nitrogens with one attached hydrogen (secondary N) is 1.